The number of hydrogen-bond acceptors (Lipinski definition) is 5. The Bertz CT molecular complexity index is 520. The molecule has 8 heteroatoms. The highest BCUT2D eigenvalue weighted by molar-refractivity contribution is 6.34. The summed E-state index contributed by atoms with van der Waals surface area (Å²) in [5.74, 6) is 0.132. The highest BCUT2D eigenvalue weighted by atomic mass is 35.5. The van der Waals surface area contributed by atoms with Crippen molar-refractivity contribution in [3.05, 3.63) is 17.2 Å². The van der Waals surface area contributed by atoms with E-state index in [1.807, 2.05) is 0 Å². The molecule has 0 unspecified atom stereocenters. The minimum atomic E-state index is -0.740. The van der Waals surface area contributed by atoms with Gasteiger partial charge in [0, 0.05) is 6.07 Å². The first-order valence-corrected chi connectivity index (χ1v) is 5.79. The van der Waals surface area contributed by atoms with Crippen LogP contribution in [0.4, 0.5) is 16.2 Å². The number of amides is 2. The molecular formula is C11H11ClN2O5. The van der Waals surface area contributed by atoms with Gasteiger partial charge in [0.1, 0.15) is 12.4 Å². The van der Waals surface area contributed by atoms with Crippen LogP contribution in [0.15, 0.2) is 12.1 Å². The van der Waals surface area contributed by atoms with Crippen LogP contribution in [-0.4, -0.2) is 36.9 Å². The van der Waals surface area contributed by atoms with E-state index in [1.54, 1.807) is 0 Å². The van der Waals surface area contributed by atoms with Gasteiger partial charge in [-0.1, -0.05) is 11.6 Å². The van der Waals surface area contributed by atoms with E-state index in [0.29, 0.717) is 17.1 Å². The molecule has 7 nitrogen and oxygen atoms in total. The fraction of sp³-hybridized carbons (Fsp3) is 0.273. The highest BCUT2D eigenvalue weighted by Gasteiger charge is 2.19. The lowest BCUT2D eigenvalue weighted by molar-refractivity contribution is -0.118. The monoisotopic (exact) mass is 286 g/mol. The van der Waals surface area contributed by atoms with Gasteiger partial charge >= 0.3 is 6.09 Å². The highest BCUT2D eigenvalue weighted by Crippen LogP contribution is 2.36. The lowest BCUT2D eigenvalue weighted by Crippen LogP contribution is -2.25. The van der Waals surface area contributed by atoms with Crippen LogP contribution in [-0.2, 0) is 9.53 Å². The number of carbonyl (C=O) groups excluding carboxylic acids is 2. The Morgan fingerprint density at radius 3 is 3.11 bits per heavy atom. The predicted molar refractivity (Wildman–Crippen MR) is 67.6 cm³/mol. The van der Waals surface area contributed by atoms with Crippen LogP contribution in [0.1, 0.15) is 0 Å². The Morgan fingerprint density at radius 2 is 2.37 bits per heavy atom. The van der Waals surface area contributed by atoms with Gasteiger partial charge in [0.2, 0.25) is 0 Å². The number of benzene rings is 1. The average Bonchev–Trinajstić information content (AvgIpc) is 2.37. The molecule has 0 saturated heterocycles. The molecule has 1 aromatic carbocycles. The molecule has 3 N–H and O–H groups in total. The van der Waals surface area contributed by atoms with Crippen molar-refractivity contribution >= 4 is 35.0 Å². The minimum Gasteiger partial charge on any atom is -0.482 e. The Labute approximate surface area is 113 Å². The van der Waals surface area contributed by atoms with Crippen LogP contribution < -0.4 is 15.4 Å². The zero-order valence-electron chi connectivity index (χ0n) is 9.73. The molecule has 1 aromatic rings. The maximum absolute atomic E-state index is 11.3. The van der Waals surface area contributed by atoms with E-state index in [1.165, 1.54) is 12.1 Å². The molecule has 102 valence electrons. The van der Waals surface area contributed by atoms with Gasteiger partial charge in [0.05, 0.1) is 23.0 Å². The van der Waals surface area contributed by atoms with Gasteiger partial charge in [0.25, 0.3) is 5.91 Å². The predicted octanol–water partition coefficient (Wildman–Crippen LogP) is 1.21. The van der Waals surface area contributed by atoms with Gasteiger partial charge in [-0.25, -0.2) is 4.79 Å². The van der Waals surface area contributed by atoms with Crippen molar-refractivity contribution in [1.82, 2.24) is 0 Å². The number of aliphatic hydroxyl groups is 1. The third kappa shape index (κ3) is 3.27. The zero-order valence-corrected chi connectivity index (χ0v) is 10.5. The fourth-order valence-corrected chi connectivity index (χ4v) is 1.69. The lowest BCUT2D eigenvalue weighted by Gasteiger charge is -2.19. The smallest absolute Gasteiger partial charge is 0.411 e. The third-order valence-corrected chi connectivity index (χ3v) is 2.58. The van der Waals surface area contributed by atoms with Crippen molar-refractivity contribution < 1.29 is 24.2 Å². The van der Waals surface area contributed by atoms with Crippen LogP contribution >= 0.6 is 11.6 Å². The molecule has 2 rings (SSSR count). The van der Waals surface area contributed by atoms with Crippen molar-refractivity contribution in [3.63, 3.8) is 0 Å². The van der Waals surface area contributed by atoms with Crippen LogP contribution in [0, 0.1) is 0 Å². The average molecular weight is 287 g/mol. The van der Waals surface area contributed by atoms with Gasteiger partial charge in [-0.3, -0.25) is 10.1 Å². The van der Waals surface area contributed by atoms with Crippen molar-refractivity contribution in [3.8, 4) is 5.75 Å². The quantitative estimate of drug-likeness (QED) is 0.776. The molecular weight excluding hydrogens is 276 g/mol. The Balaban J connectivity index is 2.14. The first-order chi connectivity index (χ1) is 9.10. The molecule has 0 saturated carbocycles. The van der Waals surface area contributed by atoms with E-state index in [4.69, 9.17) is 21.4 Å². The number of anilines is 2. The summed E-state index contributed by atoms with van der Waals surface area (Å²) >= 11 is 5.96. The molecule has 0 atom stereocenters. The molecule has 0 aromatic heterocycles. The van der Waals surface area contributed by atoms with Gasteiger partial charge in [-0.2, -0.15) is 0 Å². The number of aliphatic hydroxyl groups excluding tert-OH is 1. The Morgan fingerprint density at radius 1 is 1.58 bits per heavy atom. The molecule has 1 aliphatic rings. The maximum atomic E-state index is 11.3. The normalized spacial score (nSPS) is 13.1. The third-order valence-electron chi connectivity index (χ3n) is 2.26. The number of nitrogens with one attached hydrogen (secondary N) is 2. The number of hydrogen-bond donors (Lipinski definition) is 3. The molecule has 0 aliphatic carbocycles. The van der Waals surface area contributed by atoms with Gasteiger partial charge in [-0.05, 0) is 6.07 Å². The van der Waals surface area contributed by atoms with Crippen LogP contribution in [0.25, 0.3) is 0 Å². The SMILES string of the molecule is O=C1COc2cc(NC(=O)OCCO)c(Cl)cc2N1. The molecule has 0 radical (unpaired) electrons. The summed E-state index contributed by atoms with van der Waals surface area (Å²) in [4.78, 5) is 22.5. The summed E-state index contributed by atoms with van der Waals surface area (Å²) < 4.78 is 9.83. The number of halogens is 1. The molecule has 19 heavy (non-hydrogen) atoms. The second-order valence-electron chi connectivity index (χ2n) is 3.65. The standard InChI is InChI=1S/C11H11ClN2O5/c12-6-3-8-9(19-5-10(16)13-8)4-7(6)14-11(17)18-2-1-15/h3-4,15H,1-2,5H2,(H,13,16)(H,14,17). The van der Waals surface area contributed by atoms with E-state index >= 15 is 0 Å². The Hall–Kier alpha value is -1.99. The lowest BCUT2D eigenvalue weighted by atomic mass is 10.2. The summed E-state index contributed by atoms with van der Waals surface area (Å²) in [5.41, 5.74) is 0.732. The molecule has 0 bridgehead atoms. The summed E-state index contributed by atoms with van der Waals surface area (Å²) in [6, 6.07) is 2.95. The summed E-state index contributed by atoms with van der Waals surface area (Å²) in [5, 5.41) is 13.8. The van der Waals surface area contributed by atoms with Crippen molar-refractivity contribution in [2.45, 2.75) is 0 Å². The van der Waals surface area contributed by atoms with Gasteiger partial charge in [-0.15, -0.1) is 0 Å². The van der Waals surface area contributed by atoms with Crippen molar-refractivity contribution in [1.29, 1.82) is 0 Å². The second-order valence-corrected chi connectivity index (χ2v) is 4.06. The number of ether oxygens (including phenoxy) is 2. The van der Waals surface area contributed by atoms with E-state index in [2.05, 4.69) is 15.4 Å². The first kappa shape index (κ1) is 13.4. The largest absolute Gasteiger partial charge is 0.482 e. The van der Waals surface area contributed by atoms with Crippen LogP contribution in [0.2, 0.25) is 5.02 Å². The van der Waals surface area contributed by atoms with E-state index in [9.17, 15) is 9.59 Å². The zero-order chi connectivity index (χ0) is 13.8. The van der Waals surface area contributed by atoms with Crippen LogP contribution in [0.3, 0.4) is 0 Å². The van der Waals surface area contributed by atoms with E-state index < -0.39 is 6.09 Å². The number of carbonyl (C=O) groups is 2. The molecule has 1 heterocycles. The summed E-state index contributed by atoms with van der Waals surface area (Å²) in [7, 11) is 0. The fourth-order valence-electron chi connectivity index (χ4n) is 1.48. The number of fused-ring (bicyclic) bond motifs is 1. The topological polar surface area (TPSA) is 96.9 Å². The van der Waals surface area contributed by atoms with E-state index in [0.717, 1.165) is 0 Å². The first-order valence-electron chi connectivity index (χ1n) is 5.41. The van der Waals surface area contributed by atoms with Crippen molar-refractivity contribution in [2.24, 2.45) is 0 Å². The Kier molecular flexibility index (Phi) is 4.08. The van der Waals surface area contributed by atoms with Gasteiger partial charge in [0.15, 0.2) is 6.61 Å². The molecule has 0 fully saturated rings. The van der Waals surface area contributed by atoms with Crippen molar-refractivity contribution in [2.75, 3.05) is 30.5 Å². The second kappa shape index (κ2) is 5.77. The summed E-state index contributed by atoms with van der Waals surface area (Å²) in [6.45, 7) is -0.468. The minimum absolute atomic E-state index is 0.0942. The molecule has 2 amide bonds. The molecule has 0 spiro atoms. The molecule has 1 aliphatic heterocycles. The maximum Gasteiger partial charge on any atom is 0.411 e. The van der Waals surface area contributed by atoms with Gasteiger partial charge < -0.3 is 19.9 Å². The van der Waals surface area contributed by atoms with Crippen LogP contribution in [0.5, 0.6) is 5.75 Å². The summed E-state index contributed by atoms with van der Waals surface area (Å²) in [6.07, 6.45) is -0.740. The number of rotatable bonds is 3. The van der Waals surface area contributed by atoms with E-state index in [-0.39, 0.29) is 30.8 Å².